The molecule has 1 aliphatic carbocycles. The summed E-state index contributed by atoms with van der Waals surface area (Å²) in [5, 5.41) is 9.01. The molecule has 2 heterocycles. The molecule has 0 atom stereocenters. The topological polar surface area (TPSA) is 59.0 Å². The number of benzene rings is 2. The van der Waals surface area contributed by atoms with E-state index in [9.17, 15) is 9.18 Å². The molecule has 6 heteroatoms. The van der Waals surface area contributed by atoms with Crippen molar-refractivity contribution in [2.24, 2.45) is 5.92 Å². The minimum absolute atomic E-state index is 0.280. The summed E-state index contributed by atoms with van der Waals surface area (Å²) >= 11 is 0. The minimum Gasteiger partial charge on any atom is -0.488 e. The Bertz CT molecular complexity index is 1050. The van der Waals surface area contributed by atoms with Crippen molar-refractivity contribution in [1.82, 2.24) is 4.90 Å². The molecule has 0 radical (unpaired) electrons. The van der Waals surface area contributed by atoms with Crippen LogP contribution in [0.25, 0.3) is 11.6 Å². The van der Waals surface area contributed by atoms with E-state index in [1.807, 2.05) is 29.2 Å². The first-order valence-electron chi connectivity index (χ1n) is 11.9. The van der Waals surface area contributed by atoms with E-state index in [1.165, 1.54) is 19.3 Å². The van der Waals surface area contributed by atoms with Gasteiger partial charge in [-0.1, -0.05) is 37.5 Å². The maximum absolute atomic E-state index is 15.0. The number of hydrogen-bond acceptors (Lipinski definition) is 4. The Balaban J connectivity index is 1.25. The summed E-state index contributed by atoms with van der Waals surface area (Å²) in [6, 6.07) is 11.4. The van der Waals surface area contributed by atoms with E-state index < -0.39 is 5.97 Å². The number of halogens is 1. The highest BCUT2D eigenvalue weighted by Crippen LogP contribution is 2.33. The third-order valence-corrected chi connectivity index (χ3v) is 6.92. The van der Waals surface area contributed by atoms with E-state index in [2.05, 4.69) is 6.07 Å². The Morgan fingerprint density at radius 3 is 2.64 bits per heavy atom. The van der Waals surface area contributed by atoms with Crippen molar-refractivity contribution in [3.63, 3.8) is 0 Å². The average molecular weight is 452 g/mol. The second-order valence-corrected chi connectivity index (χ2v) is 9.44. The molecule has 2 aromatic rings. The van der Waals surface area contributed by atoms with Crippen LogP contribution >= 0.6 is 0 Å². The summed E-state index contributed by atoms with van der Waals surface area (Å²) in [5.41, 5.74) is 4.25. The van der Waals surface area contributed by atoms with Crippen LogP contribution < -0.4 is 4.74 Å². The normalized spacial score (nSPS) is 19.4. The zero-order chi connectivity index (χ0) is 22.8. The van der Waals surface area contributed by atoms with Crippen LogP contribution in [-0.4, -0.2) is 41.8 Å². The summed E-state index contributed by atoms with van der Waals surface area (Å²) in [6.45, 7) is 2.50. The van der Waals surface area contributed by atoms with Gasteiger partial charge in [-0.05, 0) is 48.2 Å². The predicted molar refractivity (Wildman–Crippen MR) is 124 cm³/mol. The van der Waals surface area contributed by atoms with Gasteiger partial charge in [0, 0.05) is 36.3 Å². The molecule has 0 unspecified atom stereocenters. The van der Waals surface area contributed by atoms with Crippen LogP contribution in [0.1, 0.15) is 54.4 Å². The van der Waals surface area contributed by atoms with Crippen molar-refractivity contribution < 1.29 is 23.8 Å². The van der Waals surface area contributed by atoms with E-state index in [-0.39, 0.29) is 11.7 Å². The molecule has 0 aromatic heterocycles. The Labute approximate surface area is 193 Å². The number of fused-ring (bicyclic) bond motifs is 1. The zero-order valence-corrected chi connectivity index (χ0v) is 18.8. The van der Waals surface area contributed by atoms with E-state index >= 15 is 0 Å². The van der Waals surface area contributed by atoms with Crippen LogP contribution in [0.4, 0.5) is 4.39 Å². The van der Waals surface area contributed by atoms with Gasteiger partial charge in [0.2, 0.25) is 0 Å². The van der Waals surface area contributed by atoms with E-state index in [4.69, 9.17) is 14.6 Å². The van der Waals surface area contributed by atoms with Gasteiger partial charge >= 0.3 is 5.97 Å². The number of aliphatic carboxylic acids is 1. The van der Waals surface area contributed by atoms with E-state index in [1.54, 1.807) is 12.1 Å². The van der Waals surface area contributed by atoms with Crippen LogP contribution in [0.5, 0.6) is 5.75 Å². The Kier molecular flexibility index (Phi) is 6.47. The highest BCUT2D eigenvalue weighted by molar-refractivity contribution is 5.86. The largest absolute Gasteiger partial charge is 0.488 e. The molecule has 2 aromatic carbocycles. The number of likely N-dealkylation sites (tertiary alicyclic amines) is 1. The predicted octanol–water partition coefficient (Wildman–Crippen LogP) is 5.12. The van der Waals surface area contributed by atoms with Gasteiger partial charge < -0.3 is 14.6 Å². The third kappa shape index (κ3) is 5.12. The molecule has 1 saturated heterocycles. The number of carboxylic acid groups (broad SMARTS) is 1. The van der Waals surface area contributed by atoms with Crippen LogP contribution in [0, 0.1) is 11.7 Å². The van der Waals surface area contributed by atoms with Gasteiger partial charge in [0.25, 0.3) is 0 Å². The molecule has 33 heavy (non-hydrogen) atoms. The van der Waals surface area contributed by atoms with Gasteiger partial charge in [0.05, 0.1) is 18.6 Å². The van der Waals surface area contributed by atoms with Crippen molar-refractivity contribution in [2.75, 3.05) is 19.7 Å². The van der Waals surface area contributed by atoms with Gasteiger partial charge in [-0.3, -0.25) is 9.69 Å². The number of carbonyl (C=O) groups is 1. The van der Waals surface area contributed by atoms with Gasteiger partial charge in [-0.15, -0.1) is 0 Å². The highest BCUT2D eigenvalue weighted by Gasteiger charge is 2.32. The van der Waals surface area contributed by atoms with E-state index in [0.717, 1.165) is 40.9 Å². The fourth-order valence-electron chi connectivity index (χ4n) is 4.95. The fraction of sp³-hybridized carbons (Fsp3) is 0.444. The maximum Gasteiger partial charge on any atom is 0.309 e. The summed E-state index contributed by atoms with van der Waals surface area (Å²) in [7, 11) is 0. The Morgan fingerprint density at radius 1 is 1.09 bits per heavy atom. The number of rotatable bonds is 7. The lowest BCUT2D eigenvalue weighted by Gasteiger charge is -2.36. The quantitative estimate of drug-likeness (QED) is 0.633. The first-order valence-corrected chi connectivity index (χ1v) is 11.9. The molecular weight excluding hydrogens is 421 g/mol. The molecule has 2 fully saturated rings. The maximum atomic E-state index is 15.0. The van der Waals surface area contributed by atoms with Crippen LogP contribution in [0.3, 0.4) is 0 Å². The van der Waals surface area contributed by atoms with Gasteiger partial charge in [-0.2, -0.15) is 0 Å². The molecule has 0 bridgehead atoms. The highest BCUT2D eigenvalue weighted by atomic mass is 19.1. The molecular formula is C27H30FNO4. The van der Waals surface area contributed by atoms with Gasteiger partial charge in [0.15, 0.2) is 0 Å². The molecule has 5 nitrogen and oxygen atoms in total. The molecule has 5 rings (SSSR count). The number of ether oxygens (including phenoxy) is 2. The first kappa shape index (κ1) is 22.1. The second-order valence-electron chi connectivity index (χ2n) is 9.44. The van der Waals surface area contributed by atoms with Crippen molar-refractivity contribution in [1.29, 1.82) is 0 Å². The molecule has 0 spiro atoms. The summed E-state index contributed by atoms with van der Waals surface area (Å²) in [6.07, 6.45) is 8.46. The van der Waals surface area contributed by atoms with Crippen molar-refractivity contribution >= 4 is 17.6 Å². The first-order chi connectivity index (χ1) is 16.0. The Morgan fingerprint density at radius 2 is 1.88 bits per heavy atom. The molecule has 174 valence electrons. The van der Waals surface area contributed by atoms with E-state index in [0.29, 0.717) is 44.5 Å². The second kappa shape index (κ2) is 9.65. The molecule has 2 aliphatic heterocycles. The zero-order valence-electron chi connectivity index (χ0n) is 18.8. The number of carboxylic acids is 1. The monoisotopic (exact) mass is 451 g/mol. The van der Waals surface area contributed by atoms with Gasteiger partial charge in [-0.25, -0.2) is 4.39 Å². The standard InChI is InChI=1S/C27H30FNO4/c28-25-11-18(13-29-14-22(15-29)27(30)31)6-8-24(25)21-12-20-10-19(7-9-26(20)33-17-21)16-32-23-4-2-1-3-5-23/h6-12,22-23H,1-5,13-17H2,(H,30,31). The van der Waals surface area contributed by atoms with Crippen LogP contribution in [0.15, 0.2) is 36.4 Å². The number of hydrogen-bond donors (Lipinski definition) is 1. The van der Waals surface area contributed by atoms with Crippen molar-refractivity contribution in [2.45, 2.75) is 51.4 Å². The molecule has 1 saturated carbocycles. The summed E-state index contributed by atoms with van der Waals surface area (Å²) in [5.74, 6) is -0.543. The fourth-order valence-corrected chi connectivity index (χ4v) is 4.95. The van der Waals surface area contributed by atoms with Crippen molar-refractivity contribution in [3.8, 4) is 5.75 Å². The summed E-state index contributed by atoms with van der Waals surface area (Å²) < 4.78 is 27.0. The SMILES string of the molecule is O=C(O)C1CN(Cc2ccc(C3=Cc4cc(COC5CCCCC5)ccc4OC3)c(F)c2)C1. The lowest BCUT2D eigenvalue weighted by molar-refractivity contribution is -0.147. The molecule has 3 aliphatic rings. The number of nitrogens with zero attached hydrogens (tertiary/aromatic N) is 1. The third-order valence-electron chi connectivity index (χ3n) is 6.92. The molecule has 1 N–H and O–H groups in total. The van der Waals surface area contributed by atoms with Gasteiger partial charge in [0.1, 0.15) is 18.2 Å². The lowest BCUT2D eigenvalue weighted by atomic mass is 9.96. The summed E-state index contributed by atoms with van der Waals surface area (Å²) in [4.78, 5) is 13.0. The average Bonchev–Trinajstić information content (AvgIpc) is 2.80. The van der Waals surface area contributed by atoms with Crippen LogP contribution in [-0.2, 0) is 22.7 Å². The minimum atomic E-state index is -0.763. The molecule has 0 amide bonds. The smallest absolute Gasteiger partial charge is 0.309 e. The lowest BCUT2D eigenvalue weighted by Crippen LogP contribution is -2.49. The van der Waals surface area contributed by atoms with Crippen LogP contribution in [0.2, 0.25) is 0 Å². The van der Waals surface area contributed by atoms with Crippen molar-refractivity contribution in [3.05, 3.63) is 64.5 Å². The Hall–Kier alpha value is -2.70.